The van der Waals surface area contributed by atoms with Gasteiger partial charge < -0.3 is 0 Å². The number of hydrogen-bond acceptors (Lipinski definition) is 3. The van der Waals surface area contributed by atoms with Gasteiger partial charge in [0, 0.05) is 9.58 Å². The Kier molecular flexibility index (Phi) is 4.57. The highest BCUT2D eigenvalue weighted by atomic mass is 32.1. The van der Waals surface area contributed by atoms with Gasteiger partial charge in [-0.1, -0.05) is 38.7 Å². The summed E-state index contributed by atoms with van der Waals surface area (Å²) < 4.78 is 14.4. The Morgan fingerprint density at radius 2 is 2.14 bits per heavy atom. The second kappa shape index (κ2) is 6.42. The van der Waals surface area contributed by atoms with Crippen LogP contribution in [0.4, 0.5) is 4.39 Å². The molecule has 3 N–H and O–H groups in total. The first-order chi connectivity index (χ1) is 10.2. The van der Waals surface area contributed by atoms with Crippen molar-refractivity contribution in [3.63, 3.8) is 0 Å². The fourth-order valence-corrected chi connectivity index (χ4v) is 5.00. The lowest BCUT2D eigenvalue weighted by atomic mass is 9.74. The molecule has 2 aromatic rings. The highest BCUT2D eigenvalue weighted by Crippen LogP contribution is 2.42. The van der Waals surface area contributed by atoms with Crippen molar-refractivity contribution in [1.29, 1.82) is 0 Å². The number of benzene rings is 1. The minimum absolute atomic E-state index is 0.169. The average molecular weight is 306 g/mol. The van der Waals surface area contributed by atoms with Crippen LogP contribution in [0.25, 0.3) is 10.1 Å². The smallest absolute Gasteiger partial charge is 0.124 e. The van der Waals surface area contributed by atoms with Crippen LogP contribution in [0, 0.1) is 17.7 Å². The van der Waals surface area contributed by atoms with Crippen molar-refractivity contribution in [3.05, 3.63) is 35.0 Å². The Morgan fingerprint density at radius 3 is 2.90 bits per heavy atom. The summed E-state index contributed by atoms with van der Waals surface area (Å²) in [6, 6.07) is 7.37. The fourth-order valence-electron chi connectivity index (χ4n) is 3.78. The number of fused-ring (bicyclic) bond motifs is 1. The summed E-state index contributed by atoms with van der Waals surface area (Å²) in [5.74, 6) is 7.04. The molecule has 1 aromatic heterocycles. The molecule has 0 saturated heterocycles. The third-order valence-electron chi connectivity index (χ3n) is 4.91. The number of halogens is 1. The standard InChI is InChI=1S/C17H23FN2S/c1-2-11-5-3-4-6-14(11)17(20-19)16-9-12-7-8-13(18)10-15(12)21-16/h7-11,14,17,20H,2-6,19H2,1H3. The lowest BCUT2D eigenvalue weighted by molar-refractivity contribution is 0.178. The quantitative estimate of drug-likeness (QED) is 0.631. The molecule has 0 bridgehead atoms. The van der Waals surface area contributed by atoms with Crippen molar-refractivity contribution in [2.24, 2.45) is 17.7 Å². The molecule has 0 radical (unpaired) electrons. The number of hydrogen-bond donors (Lipinski definition) is 2. The van der Waals surface area contributed by atoms with Gasteiger partial charge in [-0.3, -0.25) is 11.3 Å². The number of nitrogens with two attached hydrogens (primary N) is 1. The monoisotopic (exact) mass is 306 g/mol. The Balaban J connectivity index is 1.93. The third kappa shape index (κ3) is 2.98. The SMILES string of the molecule is CCC1CCCCC1C(NN)c1cc2ccc(F)cc2s1. The van der Waals surface area contributed by atoms with Crippen molar-refractivity contribution in [2.75, 3.05) is 0 Å². The van der Waals surface area contributed by atoms with Crippen LogP contribution >= 0.6 is 11.3 Å². The van der Waals surface area contributed by atoms with Crippen LogP contribution < -0.4 is 11.3 Å². The number of rotatable bonds is 4. The minimum atomic E-state index is -0.169. The summed E-state index contributed by atoms with van der Waals surface area (Å²) in [5, 5.41) is 1.11. The lowest BCUT2D eigenvalue weighted by Gasteiger charge is -2.36. The molecule has 0 aliphatic heterocycles. The summed E-state index contributed by atoms with van der Waals surface area (Å²) >= 11 is 1.67. The van der Waals surface area contributed by atoms with Crippen molar-refractivity contribution in [2.45, 2.75) is 45.1 Å². The van der Waals surface area contributed by atoms with E-state index in [0.717, 1.165) is 16.0 Å². The van der Waals surface area contributed by atoms with E-state index in [-0.39, 0.29) is 11.9 Å². The Bertz CT molecular complexity index is 610. The first-order valence-electron chi connectivity index (χ1n) is 7.88. The van der Waals surface area contributed by atoms with E-state index in [1.54, 1.807) is 17.4 Å². The Hall–Kier alpha value is -0.970. The van der Waals surface area contributed by atoms with Gasteiger partial charge in [0.2, 0.25) is 0 Å². The van der Waals surface area contributed by atoms with Crippen LogP contribution in [0.5, 0.6) is 0 Å². The molecule has 1 fully saturated rings. The zero-order valence-corrected chi connectivity index (χ0v) is 13.3. The van der Waals surface area contributed by atoms with Crippen LogP contribution in [0.3, 0.4) is 0 Å². The van der Waals surface area contributed by atoms with Crippen LogP contribution in [0.15, 0.2) is 24.3 Å². The Morgan fingerprint density at radius 1 is 1.33 bits per heavy atom. The molecule has 1 heterocycles. The predicted octanol–water partition coefficient (Wildman–Crippen LogP) is 4.76. The molecule has 3 atom stereocenters. The molecular weight excluding hydrogens is 283 g/mol. The minimum Gasteiger partial charge on any atom is -0.271 e. The third-order valence-corrected chi connectivity index (χ3v) is 6.09. The van der Waals surface area contributed by atoms with E-state index in [0.29, 0.717) is 5.92 Å². The van der Waals surface area contributed by atoms with E-state index >= 15 is 0 Å². The molecule has 1 aliphatic rings. The van der Waals surface area contributed by atoms with E-state index in [1.165, 1.54) is 43.0 Å². The topological polar surface area (TPSA) is 38.0 Å². The van der Waals surface area contributed by atoms with Gasteiger partial charge in [0.1, 0.15) is 5.82 Å². The molecule has 4 heteroatoms. The van der Waals surface area contributed by atoms with Crippen LogP contribution in [-0.4, -0.2) is 0 Å². The zero-order valence-electron chi connectivity index (χ0n) is 12.4. The molecule has 21 heavy (non-hydrogen) atoms. The average Bonchev–Trinajstić information content (AvgIpc) is 2.91. The van der Waals surface area contributed by atoms with E-state index < -0.39 is 0 Å². The molecule has 0 amide bonds. The molecule has 1 aliphatic carbocycles. The largest absolute Gasteiger partial charge is 0.271 e. The van der Waals surface area contributed by atoms with Gasteiger partial charge in [-0.05, 0) is 41.8 Å². The van der Waals surface area contributed by atoms with Crippen molar-refractivity contribution in [1.82, 2.24) is 5.43 Å². The maximum absolute atomic E-state index is 13.4. The first kappa shape index (κ1) is 14.9. The van der Waals surface area contributed by atoms with Crippen molar-refractivity contribution >= 4 is 21.4 Å². The zero-order chi connectivity index (χ0) is 14.8. The summed E-state index contributed by atoms with van der Waals surface area (Å²) in [6.45, 7) is 2.27. The Labute approximate surface area is 129 Å². The number of nitrogens with one attached hydrogen (secondary N) is 1. The second-order valence-electron chi connectivity index (χ2n) is 6.09. The van der Waals surface area contributed by atoms with Crippen molar-refractivity contribution < 1.29 is 4.39 Å². The van der Waals surface area contributed by atoms with E-state index in [2.05, 4.69) is 18.4 Å². The summed E-state index contributed by atoms with van der Waals surface area (Å²) in [6.07, 6.45) is 6.38. The number of hydrazine groups is 1. The maximum atomic E-state index is 13.4. The highest BCUT2D eigenvalue weighted by Gasteiger charge is 2.32. The van der Waals surface area contributed by atoms with Gasteiger partial charge in [-0.15, -0.1) is 11.3 Å². The molecule has 1 aromatic carbocycles. The molecule has 2 nitrogen and oxygen atoms in total. The molecule has 3 rings (SSSR count). The van der Waals surface area contributed by atoms with Gasteiger partial charge in [0.05, 0.1) is 6.04 Å². The molecule has 1 saturated carbocycles. The molecule has 0 spiro atoms. The van der Waals surface area contributed by atoms with Gasteiger partial charge >= 0.3 is 0 Å². The van der Waals surface area contributed by atoms with Crippen molar-refractivity contribution in [3.8, 4) is 0 Å². The predicted molar refractivity (Wildman–Crippen MR) is 87.6 cm³/mol. The summed E-state index contributed by atoms with van der Waals surface area (Å²) in [7, 11) is 0. The van der Waals surface area contributed by atoms with Crippen LogP contribution in [0.1, 0.15) is 49.9 Å². The van der Waals surface area contributed by atoms with Crippen LogP contribution in [0.2, 0.25) is 0 Å². The van der Waals surface area contributed by atoms with E-state index in [1.807, 2.05) is 6.07 Å². The molecule has 3 unspecified atom stereocenters. The number of thiophene rings is 1. The second-order valence-corrected chi connectivity index (χ2v) is 7.21. The van der Waals surface area contributed by atoms with Gasteiger partial charge in [0.25, 0.3) is 0 Å². The summed E-state index contributed by atoms with van der Waals surface area (Å²) in [4.78, 5) is 1.24. The van der Waals surface area contributed by atoms with E-state index in [9.17, 15) is 4.39 Å². The fraction of sp³-hybridized carbons (Fsp3) is 0.529. The maximum Gasteiger partial charge on any atom is 0.124 e. The first-order valence-corrected chi connectivity index (χ1v) is 8.69. The molecule has 114 valence electrons. The molecular formula is C17H23FN2S. The van der Waals surface area contributed by atoms with Crippen LogP contribution in [-0.2, 0) is 0 Å². The normalized spacial score (nSPS) is 24.3. The van der Waals surface area contributed by atoms with Gasteiger partial charge in [-0.2, -0.15) is 0 Å². The lowest BCUT2D eigenvalue weighted by Crippen LogP contribution is -2.37. The highest BCUT2D eigenvalue weighted by molar-refractivity contribution is 7.19. The van der Waals surface area contributed by atoms with E-state index in [4.69, 9.17) is 5.84 Å². The van der Waals surface area contributed by atoms with Gasteiger partial charge in [0.15, 0.2) is 0 Å². The summed E-state index contributed by atoms with van der Waals surface area (Å²) in [5.41, 5.74) is 3.04. The van der Waals surface area contributed by atoms with Gasteiger partial charge in [-0.25, -0.2) is 4.39 Å².